The zero-order valence-electron chi connectivity index (χ0n) is 5.14. The van der Waals surface area contributed by atoms with Gasteiger partial charge in [0.2, 0.25) is 0 Å². The first-order chi connectivity index (χ1) is 4.34. The van der Waals surface area contributed by atoms with Crippen LogP contribution in [0.5, 0.6) is 0 Å². The summed E-state index contributed by atoms with van der Waals surface area (Å²) >= 11 is 4.93. The van der Waals surface area contributed by atoms with Crippen molar-refractivity contribution in [3.05, 3.63) is 24.0 Å². The Labute approximate surface area is 59.3 Å². The molecular formula is C6H8N2S. The number of aromatic amines is 1. The highest BCUT2D eigenvalue weighted by atomic mass is 32.1. The minimum Gasteiger partial charge on any atom is -0.378 e. The summed E-state index contributed by atoms with van der Waals surface area (Å²) in [5, 5.41) is 2.87. The standard InChI is InChI=1S/C6H8N2S/c1-7-6(9)5-3-2-4-8-5/h2-4,8H,1H3,(H,7,9). The van der Waals surface area contributed by atoms with Crippen molar-refractivity contribution in [3.8, 4) is 0 Å². The zero-order valence-corrected chi connectivity index (χ0v) is 5.96. The van der Waals surface area contributed by atoms with Gasteiger partial charge < -0.3 is 10.3 Å². The highest BCUT2D eigenvalue weighted by molar-refractivity contribution is 7.80. The molecule has 0 radical (unpaired) electrons. The largest absolute Gasteiger partial charge is 0.378 e. The Balaban J connectivity index is 2.77. The van der Waals surface area contributed by atoms with Crippen LogP contribution in [0.3, 0.4) is 0 Å². The highest BCUT2D eigenvalue weighted by Crippen LogP contribution is 1.93. The third-order valence-corrected chi connectivity index (χ3v) is 1.49. The molecule has 48 valence electrons. The minimum absolute atomic E-state index is 0.750. The summed E-state index contributed by atoms with van der Waals surface area (Å²) in [6.45, 7) is 0. The molecule has 0 aliphatic rings. The fraction of sp³-hybridized carbons (Fsp3) is 0.167. The molecule has 0 spiro atoms. The van der Waals surface area contributed by atoms with Gasteiger partial charge in [-0.25, -0.2) is 0 Å². The van der Waals surface area contributed by atoms with E-state index >= 15 is 0 Å². The van der Waals surface area contributed by atoms with E-state index in [-0.39, 0.29) is 0 Å². The van der Waals surface area contributed by atoms with E-state index in [2.05, 4.69) is 10.3 Å². The number of H-pyrrole nitrogens is 1. The van der Waals surface area contributed by atoms with Crippen LogP contribution in [-0.4, -0.2) is 17.0 Å². The Morgan fingerprint density at radius 3 is 3.00 bits per heavy atom. The van der Waals surface area contributed by atoms with Crippen LogP contribution in [0.4, 0.5) is 0 Å². The van der Waals surface area contributed by atoms with Gasteiger partial charge in [0.15, 0.2) is 0 Å². The maximum absolute atomic E-state index is 4.93. The lowest BCUT2D eigenvalue weighted by Gasteiger charge is -1.96. The Bertz CT molecular complexity index is 191. The molecule has 0 aliphatic heterocycles. The lowest BCUT2D eigenvalue weighted by molar-refractivity contribution is 1.18. The fourth-order valence-electron chi connectivity index (χ4n) is 0.606. The second-order valence-electron chi connectivity index (χ2n) is 1.66. The van der Waals surface area contributed by atoms with Gasteiger partial charge in [-0.05, 0) is 12.1 Å². The summed E-state index contributed by atoms with van der Waals surface area (Å²) in [7, 11) is 1.81. The average molecular weight is 140 g/mol. The maximum Gasteiger partial charge on any atom is 0.122 e. The Kier molecular flexibility index (Phi) is 1.85. The van der Waals surface area contributed by atoms with Crippen molar-refractivity contribution < 1.29 is 0 Å². The van der Waals surface area contributed by atoms with Crippen molar-refractivity contribution in [1.82, 2.24) is 10.3 Å². The molecule has 1 heterocycles. The summed E-state index contributed by atoms with van der Waals surface area (Å²) in [5.74, 6) is 0. The van der Waals surface area contributed by atoms with Crippen molar-refractivity contribution >= 4 is 17.2 Å². The van der Waals surface area contributed by atoms with Crippen LogP contribution in [0.1, 0.15) is 5.69 Å². The van der Waals surface area contributed by atoms with Gasteiger partial charge in [0.1, 0.15) is 4.99 Å². The maximum atomic E-state index is 4.93. The van der Waals surface area contributed by atoms with Gasteiger partial charge in [-0.15, -0.1) is 0 Å². The number of aromatic nitrogens is 1. The van der Waals surface area contributed by atoms with Crippen molar-refractivity contribution in [3.63, 3.8) is 0 Å². The molecular weight excluding hydrogens is 132 g/mol. The van der Waals surface area contributed by atoms with Crippen LogP contribution >= 0.6 is 12.2 Å². The molecule has 3 heteroatoms. The van der Waals surface area contributed by atoms with Crippen molar-refractivity contribution in [2.45, 2.75) is 0 Å². The average Bonchev–Trinajstić information content (AvgIpc) is 2.37. The molecule has 2 N–H and O–H groups in total. The van der Waals surface area contributed by atoms with E-state index in [1.807, 2.05) is 25.4 Å². The molecule has 1 aromatic heterocycles. The van der Waals surface area contributed by atoms with Crippen LogP contribution in [0, 0.1) is 0 Å². The molecule has 0 atom stereocenters. The van der Waals surface area contributed by atoms with Gasteiger partial charge in [-0.3, -0.25) is 0 Å². The molecule has 9 heavy (non-hydrogen) atoms. The van der Waals surface area contributed by atoms with Gasteiger partial charge in [0.25, 0.3) is 0 Å². The molecule has 0 saturated heterocycles. The molecule has 0 fully saturated rings. The first kappa shape index (κ1) is 6.29. The van der Waals surface area contributed by atoms with Crippen LogP contribution in [0.25, 0.3) is 0 Å². The minimum atomic E-state index is 0.750. The van der Waals surface area contributed by atoms with Crippen LogP contribution < -0.4 is 5.32 Å². The van der Waals surface area contributed by atoms with Crippen LogP contribution in [-0.2, 0) is 0 Å². The molecule has 0 unspecified atom stereocenters. The van der Waals surface area contributed by atoms with Crippen LogP contribution in [0.15, 0.2) is 18.3 Å². The number of nitrogens with one attached hydrogen (secondary N) is 2. The Hall–Kier alpha value is -0.830. The third kappa shape index (κ3) is 1.29. The molecule has 2 nitrogen and oxygen atoms in total. The van der Waals surface area contributed by atoms with Gasteiger partial charge in [0.05, 0.1) is 5.69 Å². The SMILES string of the molecule is CNC(=S)c1ccc[nH]1. The predicted octanol–water partition coefficient (Wildman–Crippen LogP) is 0.910. The predicted molar refractivity (Wildman–Crippen MR) is 41.6 cm³/mol. The number of rotatable bonds is 1. The lowest BCUT2D eigenvalue weighted by Crippen LogP contribution is -2.16. The molecule has 1 rings (SSSR count). The van der Waals surface area contributed by atoms with E-state index < -0.39 is 0 Å². The number of hydrogen-bond donors (Lipinski definition) is 2. The van der Waals surface area contributed by atoms with E-state index in [1.165, 1.54) is 0 Å². The third-order valence-electron chi connectivity index (χ3n) is 1.07. The van der Waals surface area contributed by atoms with E-state index in [4.69, 9.17) is 12.2 Å². The van der Waals surface area contributed by atoms with Crippen molar-refractivity contribution in [2.24, 2.45) is 0 Å². The first-order valence-electron chi connectivity index (χ1n) is 2.70. The smallest absolute Gasteiger partial charge is 0.122 e. The molecule has 0 aliphatic carbocycles. The van der Waals surface area contributed by atoms with Gasteiger partial charge in [0, 0.05) is 13.2 Å². The fourth-order valence-corrected chi connectivity index (χ4v) is 0.733. The second kappa shape index (κ2) is 2.64. The second-order valence-corrected chi connectivity index (χ2v) is 2.07. The van der Waals surface area contributed by atoms with Crippen molar-refractivity contribution in [2.75, 3.05) is 7.05 Å². The molecule has 1 aromatic rings. The summed E-state index contributed by atoms with van der Waals surface area (Å²) < 4.78 is 0. The topological polar surface area (TPSA) is 27.8 Å². The Morgan fingerprint density at radius 2 is 2.56 bits per heavy atom. The summed E-state index contributed by atoms with van der Waals surface area (Å²) in [6.07, 6.45) is 1.85. The van der Waals surface area contributed by atoms with E-state index in [9.17, 15) is 0 Å². The molecule has 0 amide bonds. The normalized spacial score (nSPS) is 9.00. The van der Waals surface area contributed by atoms with Gasteiger partial charge in [-0.1, -0.05) is 12.2 Å². The molecule has 0 saturated carbocycles. The molecule has 0 aromatic carbocycles. The van der Waals surface area contributed by atoms with Gasteiger partial charge >= 0.3 is 0 Å². The lowest BCUT2D eigenvalue weighted by atomic mass is 10.4. The molecule has 0 bridgehead atoms. The number of thiocarbonyl (C=S) groups is 1. The zero-order chi connectivity index (χ0) is 6.69. The van der Waals surface area contributed by atoms with Crippen LogP contribution in [0.2, 0.25) is 0 Å². The summed E-state index contributed by atoms with van der Waals surface area (Å²) in [5.41, 5.74) is 0.965. The van der Waals surface area contributed by atoms with Gasteiger partial charge in [-0.2, -0.15) is 0 Å². The highest BCUT2D eigenvalue weighted by Gasteiger charge is 1.94. The van der Waals surface area contributed by atoms with E-state index in [0.29, 0.717) is 0 Å². The first-order valence-corrected chi connectivity index (χ1v) is 3.11. The monoisotopic (exact) mass is 140 g/mol. The van der Waals surface area contributed by atoms with E-state index in [0.717, 1.165) is 10.7 Å². The Morgan fingerprint density at radius 1 is 1.78 bits per heavy atom. The summed E-state index contributed by atoms with van der Waals surface area (Å²) in [6, 6.07) is 3.85. The van der Waals surface area contributed by atoms with Crippen molar-refractivity contribution in [1.29, 1.82) is 0 Å². The van der Waals surface area contributed by atoms with E-state index in [1.54, 1.807) is 0 Å². The number of hydrogen-bond acceptors (Lipinski definition) is 1. The quantitative estimate of drug-likeness (QED) is 0.567. The summed E-state index contributed by atoms with van der Waals surface area (Å²) in [4.78, 5) is 3.73.